The molecular formula is C17H24F2N6O2. The smallest absolute Gasteiger partial charge is 0.388 e. The highest BCUT2D eigenvalue weighted by molar-refractivity contribution is 5.55. The molecule has 3 heterocycles. The van der Waals surface area contributed by atoms with Crippen molar-refractivity contribution < 1.29 is 18.3 Å². The average molecular weight is 382 g/mol. The molecule has 148 valence electrons. The number of aromatic nitrogens is 4. The molecule has 0 aromatic carbocycles. The van der Waals surface area contributed by atoms with Crippen LogP contribution >= 0.6 is 0 Å². The topological polar surface area (TPSA) is 88.2 Å². The number of alkyl halides is 2. The summed E-state index contributed by atoms with van der Waals surface area (Å²) in [4.78, 5) is 11.1. The van der Waals surface area contributed by atoms with Gasteiger partial charge in [-0.3, -0.25) is 10.1 Å². The first kappa shape index (κ1) is 19.3. The summed E-state index contributed by atoms with van der Waals surface area (Å²) in [6.07, 6.45) is 2.51. The number of halogens is 2. The monoisotopic (exact) mass is 382 g/mol. The van der Waals surface area contributed by atoms with Crippen LogP contribution in [-0.2, 0) is 0 Å². The van der Waals surface area contributed by atoms with E-state index >= 15 is 0 Å². The van der Waals surface area contributed by atoms with E-state index in [2.05, 4.69) is 56.0 Å². The number of nitrogens with one attached hydrogen (secondary N) is 2. The Bertz CT molecular complexity index is 783. The Morgan fingerprint density at radius 3 is 2.85 bits per heavy atom. The van der Waals surface area contributed by atoms with E-state index in [1.165, 1.54) is 6.07 Å². The maximum absolute atomic E-state index is 12.2. The van der Waals surface area contributed by atoms with E-state index in [0.29, 0.717) is 23.2 Å². The Balaban J connectivity index is 1.72. The predicted octanol–water partition coefficient (Wildman–Crippen LogP) is 2.96. The molecule has 2 aromatic heterocycles. The summed E-state index contributed by atoms with van der Waals surface area (Å²) in [5.41, 5.74) is 0.619. The zero-order chi connectivity index (χ0) is 19.6. The van der Waals surface area contributed by atoms with Crippen LogP contribution in [0.15, 0.2) is 12.3 Å². The molecule has 2 aromatic rings. The largest absolute Gasteiger partial charge is 0.473 e. The minimum absolute atomic E-state index is 0.0158. The number of anilines is 2. The van der Waals surface area contributed by atoms with Gasteiger partial charge in [-0.05, 0) is 20.4 Å². The average Bonchev–Trinajstić information content (AvgIpc) is 2.99. The Hall–Kier alpha value is -2.49. The standard InChI is InChI=1S/C17H24F2N6O2/c1-10-15(21-12-7-13(24-23-12)27-16(18)19)22-14(8-20-10)26-11-5-6-25(4)9-17(11,2)3/h7-8,11,16H,5-6,9H2,1-4H3,(H2,21,22,23,24). The Morgan fingerprint density at radius 2 is 2.15 bits per heavy atom. The number of hydrogen-bond donors (Lipinski definition) is 2. The third-order valence-electron chi connectivity index (χ3n) is 4.54. The zero-order valence-electron chi connectivity index (χ0n) is 15.8. The van der Waals surface area contributed by atoms with Gasteiger partial charge in [0.25, 0.3) is 0 Å². The van der Waals surface area contributed by atoms with Crippen molar-refractivity contribution in [1.82, 2.24) is 25.1 Å². The van der Waals surface area contributed by atoms with Gasteiger partial charge in [-0.15, -0.1) is 5.10 Å². The molecule has 10 heteroatoms. The Labute approximate surface area is 156 Å². The van der Waals surface area contributed by atoms with Gasteiger partial charge in [0.2, 0.25) is 11.8 Å². The second kappa shape index (κ2) is 7.63. The minimum atomic E-state index is -2.93. The SMILES string of the molecule is Cc1ncc(OC2CCN(C)CC2(C)C)nc1Nc1cc(OC(F)F)n[nH]1. The third-order valence-corrected chi connectivity index (χ3v) is 4.54. The minimum Gasteiger partial charge on any atom is -0.473 e. The summed E-state index contributed by atoms with van der Waals surface area (Å²) in [5.74, 6) is 1.01. The summed E-state index contributed by atoms with van der Waals surface area (Å²) < 4.78 is 34.8. The third kappa shape index (κ3) is 4.82. The molecule has 1 aliphatic rings. The van der Waals surface area contributed by atoms with Crippen LogP contribution in [0.25, 0.3) is 0 Å². The summed E-state index contributed by atoms with van der Waals surface area (Å²) in [6, 6.07) is 1.32. The molecule has 0 amide bonds. The molecule has 27 heavy (non-hydrogen) atoms. The van der Waals surface area contributed by atoms with Crippen molar-refractivity contribution in [3.63, 3.8) is 0 Å². The number of hydrogen-bond acceptors (Lipinski definition) is 7. The van der Waals surface area contributed by atoms with Crippen LogP contribution < -0.4 is 14.8 Å². The molecule has 0 aliphatic carbocycles. The number of rotatable bonds is 6. The maximum atomic E-state index is 12.2. The van der Waals surface area contributed by atoms with Crippen LogP contribution in [0, 0.1) is 12.3 Å². The van der Waals surface area contributed by atoms with Crippen LogP contribution in [0.4, 0.5) is 20.4 Å². The number of aryl methyl sites for hydroxylation is 1. The quantitative estimate of drug-likeness (QED) is 0.794. The van der Waals surface area contributed by atoms with Gasteiger partial charge in [-0.1, -0.05) is 13.8 Å². The molecule has 0 spiro atoms. The lowest BCUT2D eigenvalue weighted by atomic mass is 9.81. The fourth-order valence-corrected chi connectivity index (χ4v) is 3.22. The van der Waals surface area contributed by atoms with Crippen molar-refractivity contribution in [2.24, 2.45) is 5.41 Å². The number of aromatic amines is 1. The molecule has 1 aliphatic heterocycles. The first-order chi connectivity index (χ1) is 12.7. The van der Waals surface area contributed by atoms with Crippen LogP contribution in [0.1, 0.15) is 26.0 Å². The lowest BCUT2D eigenvalue weighted by Crippen LogP contribution is -2.49. The fraction of sp³-hybridized carbons (Fsp3) is 0.588. The highest BCUT2D eigenvalue weighted by atomic mass is 19.3. The van der Waals surface area contributed by atoms with E-state index < -0.39 is 6.61 Å². The van der Waals surface area contributed by atoms with Gasteiger partial charge < -0.3 is 19.7 Å². The molecule has 8 nitrogen and oxygen atoms in total. The summed E-state index contributed by atoms with van der Waals surface area (Å²) in [5, 5.41) is 9.19. The summed E-state index contributed by atoms with van der Waals surface area (Å²) >= 11 is 0. The molecule has 0 radical (unpaired) electrons. The summed E-state index contributed by atoms with van der Waals surface area (Å²) in [6.45, 7) is 5.08. The van der Waals surface area contributed by atoms with Crippen LogP contribution in [-0.4, -0.2) is 57.9 Å². The number of nitrogens with zero attached hydrogens (tertiary/aromatic N) is 4. The zero-order valence-corrected chi connectivity index (χ0v) is 15.8. The molecule has 0 bridgehead atoms. The van der Waals surface area contributed by atoms with E-state index in [1.807, 2.05) is 0 Å². The Morgan fingerprint density at radius 1 is 1.37 bits per heavy atom. The molecule has 1 atom stereocenters. The number of H-pyrrole nitrogens is 1. The Kier molecular flexibility index (Phi) is 5.45. The molecule has 2 N–H and O–H groups in total. The van der Waals surface area contributed by atoms with Gasteiger partial charge >= 0.3 is 6.61 Å². The van der Waals surface area contributed by atoms with E-state index in [0.717, 1.165) is 19.5 Å². The normalized spacial score (nSPS) is 19.9. The predicted molar refractivity (Wildman–Crippen MR) is 95.6 cm³/mol. The van der Waals surface area contributed by atoms with E-state index in [4.69, 9.17) is 4.74 Å². The molecule has 3 rings (SSSR count). The maximum Gasteiger partial charge on any atom is 0.388 e. The first-order valence-corrected chi connectivity index (χ1v) is 8.69. The molecule has 0 saturated carbocycles. The van der Waals surface area contributed by atoms with Crippen molar-refractivity contribution in [2.45, 2.75) is 39.9 Å². The number of likely N-dealkylation sites (tertiary alicyclic amines) is 1. The molecule has 1 fully saturated rings. The van der Waals surface area contributed by atoms with E-state index in [1.54, 1.807) is 13.1 Å². The van der Waals surface area contributed by atoms with Crippen LogP contribution in [0.5, 0.6) is 11.8 Å². The number of piperidine rings is 1. The molecule has 1 saturated heterocycles. The van der Waals surface area contributed by atoms with Gasteiger partial charge in [0.05, 0.1) is 11.9 Å². The van der Waals surface area contributed by atoms with Gasteiger partial charge in [-0.25, -0.2) is 0 Å². The van der Waals surface area contributed by atoms with Crippen molar-refractivity contribution in [2.75, 3.05) is 25.5 Å². The number of ether oxygens (including phenoxy) is 2. The van der Waals surface area contributed by atoms with Crippen molar-refractivity contribution in [3.8, 4) is 11.8 Å². The first-order valence-electron chi connectivity index (χ1n) is 8.69. The summed E-state index contributed by atoms with van der Waals surface area (Å²) in [7, 11) is 2.10. The second-order valence-corrected chi connectivity index (χ2v) is 7.39. The lowest BCUT2D eigenvalue weighted by Gasteiger charge is -2.42. The van der Waals surface area contributed by atoms with Crippen molar-refractivity contribution in [1.29, 1.82) is 0 Å². The molecular weight excluding hydrogens is 358 g/mol. The van der Waals surface area contributed by atoms with Crippen LogP contribution in [0.2, 0.25) is 0 Å². The highest BCUT2D eigenvalue weighted by Crippen LogP contribution is 2.32. The second-order valence-electron chi connectivity index (χ2n) is 7.39. The van der Waals surface area contributed by atoms with Gasteiger partial charge in [0, 0.05) is 24.6 Å². The van der Waals surface area contributed by atoms with E-state index in [-0.39, 0.29) is 17.4 Å². The highest BCUT2D eigenvalue weighted by Gasteiger charge is 2.36. The lowest BCUT2D eigenvalue weighted by molar-refractivity contribution is -0.0528. The van der Waals surface area contributed by atoms with Crippen LogP contribution in [0.3, 0.4) is 0 Å². The van der Waals surface area contributed by atoms with Gasteiger partial charge in [0.1, 0.15) is 11.9 Å². The fourth-order valence-electron chi connectivity index (χ4n) is 3.22. The van der Waals surface area contributed by atoms with Gasteiger partial charge in [0.15, 0.2) is 5.82 Å². The van der Waals surface area contributed by atoms with E-state index in [9.17, 15) is 8.78 Å². The van der Waals surface area contributed by atoms with Crippen molar-refractivity contribution in [3.05, 3.63) is 18.0 Å². The molecule has 1 unspecified atom stereocenters. The van der Waals surface area contributed by atoms with Gasteiger partial charge in [-0.2, -0.15) is 13.8 Å². The van der Waals surface area contributed by atoms with Crippen molar-refractivity contribution >= 4 is 11.6 Å².